The summed E-state index contributed by atoms with van der Waals surface area (Å²) in [5, 5.41) is 2.51. The Bertz CT molecular complexity index is 512. The lowest BCUT2D eigenvalue weighted by atomic mass is 10.3. The Morgan fingerprint density at radius 3 is 2.65 bits per heavy atom. The van der Waals surface area contributed by atoms with Crippen molar-refractivity contribution in [1.82, 2.24) is 4.98 Å². The Kier molecular flexibility index (Phi) is 3.76. The first-order valence-electron chi connectivity index (χ1n) is 5.08. The third kappa shape index (κ3) is 2.65. The molecule has 88 valence electrons. The number of halogens is 1. The van der Waals surface area contributed by atoms with E-state index in [1.54, 1.807) is 4.90 Å². The summed E-state index contributed by atoms with van der Waals surface area (Å²) in [6, 6.07) is 9.45. The number of aromatic nitrogens is 1. The molecule has 0 aliphatic carbocycles. The minimum atomic E-state index is -0.0633. The molecule has 17 heavy (non-hydrogen) atoms. The Morgan fingerprint density at radius 2 is 2.12 bits per heavy atom. The molecular weight excluding hydrogens is 256 g/mol. The quantitative estimate of drug-likeness (QED) is 0.796. The molecule has 0 radical (unpaired) electrons. The number of para-hydroxylation sites is 1. The van der Waals surface area contributed by atoms with Crippen molar-refractivity contribution in [2.24, 2.45) is 0 Å². The molecule has 1 heterocycles. The largest absolute Gasteiger partial charge is 0.274 e. The minimum Gasteiger partial charge on any atom is -0.274 e. The van der Waals surface area contributed by atoms with Crippen molar-refractivity contribution in [2.45, 2.75) is 12.8 Å². The SMILES string of the molecule is CC(=O)N(c1ccccc1)c1nc(CCl)cs1. The van der Waals surface area contributed by atoms with Gasteiger partial charge < -0.3 is 0 Å². The Hall–Kier alpha value is -1.39. The number of nitrogens with zero attached hydrogens (tertiary/aromatic N) is 2. The molecule has 0 N–H and O–H groups in total. The molecular formula is C12H11ClN2OS. The van der Waals surface area contributed by atoms with Crippen LogP contribution in [-0.2, 0) is 10.7 Å². The monoisotopic (exact) mass is 266 g/mol. The highest BCUT2D eigenvalue weighted by molar-refractivity contribution is 7.14. The van der Waals surface area contributed by atoms with Gasteiger partial charge in [-0.25, -0.2) is 4.98 Å². The van der Waals surface area contributed by atoms with Crippen molar-refractivity contribution in [1.29, 1.82) is 0 Å². The Balaban J connectivity index is 2.39. The van der Waals surface area contributed by atoms with E-state index in [1.165, 1.54) is 18.3 Å². The third-order valence-electron chi connectivity index (χ3n) is 2.20. The molecule has 0 atom stereocenters. The molecule has 0 saturated heterocycles. The second kappa shape index (κ2) is 5.29. The highest BCUT2D eigenvalue weighted by Crippen LogP contribution is 2.28. The first kappa shape index (κ1) is 12.1. The van der Waals surface area contributed by atoms with Crippen LogP contribution in [0.2, 0.25) is 0 Å². The normalized spacial score (nSPS) is 10.2. The number of rotatable bonds is 3. The summed E-state index contributed by atoms with van der Waals surface area (Å²) in [5.41, 5.74) is 1.60. The van der Waals surface area contributed by atoms with Gasteiger partial charge in [-0.2, -0.15) is 0 Å². The highest BCUT2D eigenvalue weighted by Gasteiger charge is 2.17. The van der Waals surface area contributed by atoms with Crippen LogP contribution in [0.4, 0.5) is 10.8 Å². The van der Waals surface area contributed by atoms with E-state index in [9.17, 15) is 4.79 Å². The number of hydrogen-bond acceptors (Lipinski definition) is 3. The molecule has 2 rings (SSSR count). The molecule has 2 aromatic rings. The van der Waals surface area contributed by atoms with Crippen LogP contribution < -0.4 is 4.90 Å². The molecule has 0 aliphatic rings. The molecule has 0 aliphatic heterocycles. The van der Waals surface area contributed by atoms with Gasteiger partial charge in [-0.05, 0) is 12.1 Å². The lowest BCUT2D eigenvalue weighted by molar-refractivity contribution is -0.115. The fraction of sp³-hybridized carbons (Fsp3) is 0.167. The van der Waals surface area contributed by atoms with Gasteiger partial charge in [-0.3, -0.25) is 9.69 Å². The average molecular weight is 267 g/mol. The molecule has 0 spiro atoms. The van der Waals surface area contributed by atoms with Gasteiger partial charge in [0.15, 0.2) is 5.13 Å². The number of amides is 1. The topological polar surface area (TPSA) is 33.2 Å². The van der Waals surface area contributed by atoms with E-state index < -0.39 is 0 Å². The van der Waals surface area contributed by atoms with Gasteiger partial charge in [0.1, 0.15) is 0 Å². The van der Waals surface area contributed by atoms with E-state index in [0.29, 0.717) is 11.0 Å². The number of hydrogen-bond donors (Lipinski definition) is 0. The lowest BCUT2D eigenvalue weighted by Gasteiger charge is -2.17. The lowest BCUT2D eigenvalue weighted by Crippen LogP contribution is -2.22. The van der Waals surface area contributed by atoms with Gasteiger partial charge in [0.25, 0.3) is 0 Å². The fourth-order valence-electron chi connectivity index (χ4n) is 1.46. The second-order valence-corrected chi connectivity index (χ2v) is 4.55. The molecule has 0 unspecified atom stereocenters. The number of carbonyl (C=O) groups excluding carboxylic acids is 1. The number of carbonyl (C=O) groups is 1. The maximum Gasteiger partial charge on any atom is 0.230 e. The maximum absolute atomic E-state index is 11.7. The highest BCUT2D eigenvalue weighted by atomic mass is 35.5. The molecule has 5 heteroatoms. The summed E-state index contributed by atoms with van der Waals surface area (Å²) in [4.78, 5) is 17.6. The number of benzene rings is 1. The van der Waals surface area contributed by atoms with Crippen LogP contribution in [0, 0.1) is 0 Å². The predicted octanol–water partition coefficient (Wildman–Crippen LogP) is 3.57. The van der Waals surface area contributed by atoms with Crippen molar-refractivity contribution in [2.75, 3.05) is 4.90 Å². The zero-order chi connectivity index (χ0) is 12.3. The van der Waals surface area contributed by atoms with Crippen molar-refractivity contribution in [3.8, 4) is 0 Å². The molecule has 0 saturated carbocycles. The van der Waals surface area contributed by atoms with Crippen LogP contribution in [0.3, 0.4) is 0 Å². The van der Waals surface area contributed by atoms with Gasteiger partial charge in [0, 0.05) is 12.3 Å². The Morgan fingerprint density at radius 1 is 1.41 bits per heavy atom. The smallest absolute Gasteiger partial charge is 0.230 e. The fourth-order valence-corrected chi connectivity index (χ4v) is 2.58. The van der Waals surface area contributed by atoms with Gasteiger partial charge in [-0.1, -0.05) is 18.2 Å². The van der Waals surface area contributed by atoms with E-state index in [0.717, 1.165) is 11.4 Å². The first-order chi connectivity index (χ1) is 8.22. The minimum absolute atomic E-state index is 0.0633. The molecule has 1 amide bonds. The molecule has 1 aromatic heterocycles. The van der Waals surface area contributed by atoms with Crippen LogP contribution in [-0.4, -0.2) is 10.9 Å². The maximum atomic E-state index is 11.7. The van der Waals surface area contributed by atoms with Crippen LogP contribution in [0.5, 0.6) is 0 Å². The zero-order valence-corrected chi connectivity index (χ0v) is 10.8. The summed E-state index contributed by atoms with van der Waals surface area (Å²) in [5.74, 6) is 0.295. The van der Waals surface area contributed by atoms with Crippen molar-refractivity contribution in [3.63, 3.8) is 0 Å². The van der Waals surface area contributed by atoms with Gasteiger partial charge in [-0.15, -0.1) is 22.9 Å². The van der Waals surface area contributed by atoms with Crippen LogP contribution in [0.25, 0.3) is 0 Å². The Labute approximate surface area is 109 Å². The summed E-state index contributed by atoms with van der Waals surface area (Å²) >= 11 is 7.13. The van der Waals surface area contributed by atoms with Crippen molar-refractivity contribution >= 4 is 39.7 Å². The van der Waals surface area contributed by atoms with E-state index in [1.807, 2.05) is 35.7 Å². The number of thiazole rings is 1. The van der Waals surface area contributed by atoms with E-state index in [-0.39, 0.29) is 5.91 Å². The van der Waals surface area contributed by atoms with Crippen molar-refractivity contribution in [3.05, 3.63) is 41.4 Å². The first-order valence-corrected chi connectivity index (χ1v) is 6.50. The molecule has 0 bridgehead atoms. The zero-order valence-electron chi connectivity index (χ0n) is 9.26. The van der Waals surface area contributed by atoms with Crippen LogP contribution in [0.1, 0.15) is 12.6 Å². The summed E-state index contributed by atoms with van der Waals surface area (Å²) in [7, 11) is 0. The van der Waals surface area contributed by atoms with Gasteiger partial charge in [0.05, 0.1) is 17.3 Å². The van der Waals surface area contributed by atoms with Crippen LogP contribution >= 0.6 is 22.9 Å². The summed E-state index contributed by atoms with van der Waals surface area (Å²) < 4.78 is 0. The molecule has 1 aromatic carbocycles. The van der Waals surface area contributed by atoms with Gasteiger partial charge in [0.2, 0.25) is 5.91 Å². The average Bonchev–Trinajstić information content (AvgIpc) is 2.79. The predicted molar refractivity (Wildman–Crippen MR) is 70.9 cm³/mol. The summed E-state index contributed by atoms with van der Waals surface area (Å²) in [6.45, 7) is 1.52. The van der Waals surface area contributed by atoms with E-state index >= 15 is 0 Å². The van der Waals surface area contributed by atoms with Crippen LogP contribution in [0.15, 0.2) is 35.7 Å². The molecule has 3 nitrogen and oxygen atoms in total. The second-order valence-electron chi connectivity index (χ2n) is 3.45. The molecule has 0 fully saturated rings. The standard InChI is InChI=1S/C12H11ClN2OS/c1-9(16)15(11-5-3-2-4-6-11)12-14-10(7-13)8-17-12/h2-6,8H,7H2,1H3. The number of alkyl halides is 1. The summed E-state index contributed by atoms with van der Waals surface area (Å²) in [6.07, 6.45) is 0. The van der Waals surface area contributed by atoms with E-state index in [2.05, 4.69) is 4.98 Å². The van der Waals surface area contributed by atoms with Gasteiger partial charge >= 0.3 is 0 Å². The third-order valence-corrected chi connectivity index (χ3v) is 3.35. The number of anilines is 2. The van der Waals surface area contributed by atoms with Crippen molar-refractivity contribution < 1.29 is 4.79 Å². The van der Waals surface area contributed by atoms with E-state index in [4.69, 9.17) is 11.6 Å².